The van der Waals surface area contributed by atoms with Gasteiger partial charge in [-0.2, -0.15) is 0 Å². The van der Waals surface area contributed by atoms with Crippen molar-refractivity contribution in [2.45, 2.75) is 91.3 Å². The molecule has 4 heterocycles. The molecule has 0 aliphatic carbocycles. The van der Waals surface area contributed by atoms with Gasteiger partial charge in [-0.3, -0.25) is 14.6 Å². The van der Waals surface area contributed by atoms with Crippen molar-refractivity contribution < 1.29 is 14.3 Å². The molecule has 0 aromatic carbocycles. The second-order valence-corrected chi connectivity index (χ2v) is 11.7. The molecule has 0 bridgehead atoms. The highest BCUT2D eigenvalue weighted by Crippen LogP contribution is 2.27. The van der Waals surface area contributed by atoms with E-state index in [9.17, 15) is 9.59 Å². The summed E-state index contributed by atoms with van der Waals surface area (Å²) >= 11 is 6.04. The first-order chi connectivity index (χ1) is 18.7. The fourth-order valence-corrected chi connectivity index (χ4v) is 6.41. The molecule has 212 valence electrons. The SMILES string of the molecule is Cc1ccncc1CN(C(=O)C1CCOCC1)C1CCN([C@H](C)CCCC(=O)c2c(C)cc(Cl)nc2C)CC1. The van der Waals surface area contributed by atoms with Crippen LogP contribution in [0.1, 0.15) is 84.6 Å². The minimum atomic E-state index is 0.0494. The number of likely N-dealkylation sites (tertiary alicyclic amines) is 1. The molecule has 7 nitrogen and oxygen atoms in total. The third kappa shape index (κ3) is 7.65. The number of hydrogen-bond donors (Lipinski definition) is 0. The largest absolute Gasteiger partial charge is 0.381 e. The highest BCUT2D eigenvalue weighted by atomic mass is 35.5. The summed E-state index contributed by atoms with van der Waals surface area (Å²) in [6.07, 6.45) is 9.59. The Balaban J connectivity index is 1.32. The molecule has 2 aromatic heterocycles. The van der Waals surface area contributed by atoms with Crippen LogP contribution >= 0.6 is 11.6 Å². The summed E-state index contributed by atoms with van der Waals surface area (Å²) in [6, 6.07) is 4.41. The van der Waals surface area contributed by atoms with Gasteiger partial charge in [0, 0.05) is 75.2 Å². The summed E-state index contributed by atoms with van der Waals surface area (Å²) in [5.74, 6) is 0.468. The van der Waals surface area contributed by atoms with Gasteiger partial charge in [0.2, 0.25) is 5.91 Å². The average molecular weight is 555 g/mol. The molecule has 2 aliphatic rings. The monoisotopic (exact) mass is 554 g/mol. The molecule has 2 aromatic rings. The zero-order chi connectivity index (χ0) is 27.9. The van der Waals surface area contributed by atoms with Crippen LogP contribution in [0.2, 0.25) is 5.15 Å². The van der Waals surface area contributed by atoms with E-state index in [2.05, 4.69) is 33.6 Å². The zero-order valence-corrected chi connectivity index (χ0v) is 24.7. The van der Waals surface area contributed by atoms with Crippen LogP contribution in [0.15, 0.2) is 24.5 Å². The molecule has 8 heteroatoms. The van der Waals surface area contributed by atoms with E-state index in [0.29, 0.717) is 48.6 Å². The number of hydrogen-bond acceptors (Lipinski definition) is 6. The summed E-state index contributed by atoms with van der Waals surface area (Å²) < 4.78 is 5.52. The van der Waals surface area contributed by atoms with Gasteiger partial charge in [-0.1, -0.05) is 11.6 Å². The number of nitrogens with zero attached hydrogens (tertiary/aromatic N) is 4. The van der Waals surface area contributed by atoms with Gasteiger partial charge in [-0.25, -0.2) is 4.98 Å². The Morgan fingerprint density at radius 1 is 1.13 bits per heavy atom. The quantitative estimate of drug-likeness (QED) is 0.276. The molecule has 39 heavy (non-hydrogen) atoms. The molecule has 0 N–H and O–H groups in total. The number of piperidine rings is 1. The van der Waals surface area contributed by atoms with E-state index in [-0.39, 0.29) is 23.7 Å². The highest BCUT2D eigenvalue weighted by molar-refractivity contribution is 6.29. The number of ether oxygens (including phenoxy) is 1. The third-order valence-corrected chi connectivity index (χ3v) is 8.77. The molecule has 0 radical (unpaired) electrons. The second-order valence-electron chi connectivity index (χ2n) is 11.3. The van der Waals surface area contributed by atoms with E-state index in [1.807, 2.05) is 32.3 Å². The molecule has 0 saturated carbocycles. The van der Waals surface area contributed by atoms with Crippen LogP contribution in [-0.2, 0) is 16.1 Å². The van der Waals surface area contributed by atoms with E-state index in [4.69, 9.17) is 16.3 Å². The molecular weight excluding hydrogens is 512 g/mol. The van der Waals surface area contributed by atoms with Crippen LogP contribution in [0.5, 0.6) is 0 Å². The summed E-state index contributed by atoms with van der Waals surface area (Å²) in [7, 11) is 0. The lowest BCUT2D eigenvalue weighted by Crippen LogP contribution is -2.51. The predicted molar refractivity (Wildman–Crippen MR) is 154 cm³/mol. The normalized spacial score (nSPS) is 18.2. The van der Waals surface area contributed by atoms with Gasteiger partial charge in [0.25, 0.3) is 0 Å². The lowest BCUT2D eigenvalue weighted by molar-refractivity contribution is -0.143. The Bertz CT molecular complexity index is 1120. The molecular formula is C31H43ClN4O3. The smallest absolute Gasteiger partial charge is 0.226 e. The molecule has 2 saturated heterocycles. The van der Waals surface area contributed by atoms with Crippen molar-refractivity contribution in [3.63, 3.8) is 0 Å². The lowest BCUT2D eigenvalue weighted by Gasteiger charge is -2.42. The zero-order valence-electron chi connectivity index (χ0n) is 23.9. The summed E-state index contributed by atoms with van der Waals surface area (Å²) in [4.78, 5) is 39.9. The number of aromatic nitrogens is 2. The second kappa shape index (κ2) is 13.8. The molecule has 1 amide bonds. The fraction of sp³-hybridized carbons (Fsp3) is 0.613. The van der Waals surface area contributed by atoms with Crippen LogP contribution in [0.25, 0.3) is 0 Å². The van der Waals surface area contributed by atoms with Crippen LogP contribution < -0.4 is 0 Å². The topological polar surface area (TPSA) is 75.6 Å². The molecule has 1 atom stereocenters. The summed E-state index contributed by atoms with van der Waals surface area (Å²) in [6.45, 7) is 12.0. The van der Waals surface area contributed by atoms with Crippen molar-refractivity contribution in [1.29, 1.82) is 0 Å². The van der Waals surface area contributed by atoms with Gasteiger partial charge in [0.1, 0.15) is 5.15 Å². The van der Waals surface area contributed by atoms with Crippen molar-refractivity contribution in [3.8, 4) is 0 Å². The molecule has 2 aliphatic heterocycles. The van der Waals surface area contributed by atoms with E-state index in [1.54, 1.807) is 6.07 Å². The average Bonchev–Trinajstić information content (AvgIpc) is 2.92. The first-order valence-corrected chi connectivity index (χ1v) is 14.8. The van der Waals surface area contributed by atoms with Crippen molar-refractivity contribution in [2.75, 3.05) is 26.3 Å². The summed E-state index contributed by atoms with van der Waals surface area (Å²) in [5.41, 5.74) is 4.62. The van der Waals surface area contributed by atoms with Crippen LogP contribution in [-0.4, -0.2) is 69.8 Å². The van der Waals surface area contributed by atoms with Crippen molar-refractivity contribution >= 4 is 23.3 Å². The Labute approximate surface area is 238 Å². The van der Waals surface area contributed by atoms with Crippen LogP contribution in [0, 0.1) is 26.7 Å². The maximum absolute atomic E-state index is 13.7. The first-order valence-electron chi connectivity index (χ1n) is 14.4. The van der Waals surface area contributed by atoms with Gasteiger partial charge in [0.15, 0.2) is 5.78 Å². The Hall–Kier alpha value is -2.35. The fourth-order valence-electron chi connectivity index (χ4n) is 6.12. The standard InChI is InChI=1S/C31H43ClN4O3/c1-21-8-13-33-19-26(21)20-36(31(38)25-11-16-39-17-12-25)27-9-14-35(15-10-27)23(3)6-5-7-28(37)30-22(2)18-29(32)34-24(30)4/h8,13,18-19,23,25,27H,5-7,9-12,14-17,20H2,1-4H3/t23-/m1/s1. The van der Waals surface area contributed by atoms with Gasteiger partial charge >= 0.3 is 0 Å². The number of carbonyl (C=O) groups is 2. The lowest BCUT2D eigenvalue weighted by atomic mass is 9.94. The van der Waals surface area contributed by atoms with Gasteiger partial charge in [-0.15, -0.1) is 0 Å². The van der Waals surface area contributed by atoms with Gasteiger partial charge in [0.05, 0.1) is 5.69 Å². The van der Waals surface area contributed by atoms with Crippen molar-refractivity contribution in [3.05, 3.63) is 57.6 Å². The first kappa shape index (κ1) is 29.6. The molecule has 2 fully saturated rings. The van der Waals surface area contributed by atoms with Crippen molar-refractivity contribution in [2.24, 2.45) is 5.92 Å². The van der Waals surface area contributed by atoms with E-state index in [1.165, 1.54) is 5.56 Å². The number of rotatable bonds is 10. The van der Waals surface area contributed by atoms with E-state index in [0.717, 1.165) is 62.7 Å². The number of carbonyl (C=O) groups excluding carboxylic acids is 2. The number of pyridine rings is 2. The Morgan fingerprint density at radius 2 is 1.85 bits per heavy atom. The maximum Gasteiger partial charge on any atom is 0.226 e. The minimum absolute atomic E-state index is 0.0494. The van der Waals surface area contributed by atoms with Crippen LogP contribution in [0.4, 0.5) is 0 Å². The third-order valence-electron chi connectivity index (χ3n) is 8.58. The number of ketones is 1. The number of amides is 1. The van der Waals surface area contributed by atoms with Crippen molar-refractivity contribution in [1.82, 2.24) is 19.8 Å². The molecule has 0 unspecified atom stereocenters. The van der Waals surface area contributed by atoms with E-state index < -0.39 is 0 Å². The predicted octanol–water partition coefficient (Wildman–Crippen LogP) is 5.72. The number of Topliss-reactive ketones (excluding diaryl/α,β-unsaturated/α-hetero) is 1. The molecule has 4 rings (SSSR count). The maximum atomic E-state index is 13.7. The molecule has 0 spiro atoms. The minimum Gasteiger partial charge on any atom is -0.381 e. The number of aryl methyl sites for hydroxylation is 3. The summed E-state index contributed by atoms with van der Waals surface area (Å²) in [5, 5.41) is 0.433. The Morgan fingerprint density at radius 3 is 2.51 bits per heavy atom. The highest BCUT2D eigenvalue weighted by Gasteiger charge is 2.34. The van der Waals surface area contributed by atoms with Gasteiger partial charge in [-0.05, 0) is 95.0 Å². The Kier molecular flexibility index (Phi) is 10.5. The van der Waals surface area contributed by atoms with Gasteiger partial charge < -0.3 is 14.5 Å². The van der Waals surface area contributed by atoms with E-state index >= 15 is 0 Å². The number of halogens is 1. The van der Waals surface area contributed by atoms with Crippen LogP contribution in [0.3, 0.4) is 0 Å².